The Bertz CT molecular complexity index is 1620. The van der Waals surface area contributed by atoms with Gasteiger partial charge in [-0.3, -0.25) is 13.9 Å². The van der Waals surface area contributed by atoms with Gasteiger partial charge in [0, 0.05) is 43.3 Å². The standard InChI is InChI=1S/C26H29N7O2/c1-4-5-13-32-23(31-12-8-9-18(27)15-31)14-21-24(32)25(34)33(26(35)30(21)3)16-22-28-17(2)19-10-6-7-11-20(19)29-22/h6-7,10-11,14,18H,8-9,12-13,15-16,27H2,1-3H3. The Balaban J connectivity index is 1.69. The molecule has 0 bridgehead atoms. The Morgan fingerprint density at radius 2 is 1.97 bits per heavy atom. The van der Waals surface area contributed by atoms with E-state index in [2.05, 4.69) is 26.7 Å². The topological polar surface area (TPSA) is 104 Å². The molecule has 5 rings (SSSR count). The average Bonchev–Trinajstić information content (AvgIpc) is 3.24. The number of anilines is 1. The first-order valence-electron chi connectivity index (χ1n) is 11.8. The molecule has 4 heterocycles. The highest BCUT2D eigenvalue weighted by Gasteiger charge is 2.25. The number of aromatic nitrogens is 5. The number of piperidine rings is 1. The van der Waals surface area contributed by atoms with Gasteiger partial charge in [-0.25, -0.2) is 14.8 Å². The monoisotopic (exact) mass is 471 g/mol. The first kappa shape index (κ1) is 22.9. The number of nitrogens with two attached hydrogens (primary N) is 1. The molecule has 1 fully saturated rings. The molecule has 1 aromatic carbocycles. The first-order valence-corrected chi connectivity index (χ1v) is 11.8. The van der Waals surface area contributed by atoms with Crippen LogP contribution in [-0.4, -0.2) is 42.8 Å². The van der Waals surface area contributed by atoms with E-state index in [1.165, 1.54) is 9.13 Å². The van der Waals surface area contributed by atoms with Gasteiger partial charge in [0.2, 0.25) is 0 Å². The van der Waals surface area contributed by atoms with E-state index in [4.69, 9.17) is 5.73 Å². The highest BCUT2D eigenvalue weighted by Crippen LogP contribution is 2.26. The number of para-hydroxylation sites is 1. The van der Waals surface area contributed by atoms with E-state index in [0.29, 0.717) is 29.9 Å². The number of hydrogen-bond acceptors (Lipinski definition) is 6. The van der Waals surface area contributed by atoms with Crippen LogP contribution < -0.4 is 21.9 Å². The summed E-state index contributed by atoms with van der Waals surface area (Å²) < 4.78 is 4.65. The molecule has 3 aromatic heterocycles. The first-order chi connectivity index (χ1) is 16.9. The normalized spacial score (nSPS) is 16.0. The molecule has 0 spiro atoms. The highest BCUT2D eigenvalue weighted by atomic mass is 16.2. The van der Waals surface area contributed by atoms with Gasteiger partial charge in [-0.1, -0.05) is 24.1 Å². The maximum absolute atomic E-state index is 13.8. The van der Waals surface area contributed by atoms with E-state index in [0.717, 1.165) is 41.8 Å². The SMILES string of the molecule is CC#CCn1c(N2CCCC(N)C2)cc2c1c(=O)n(Cc1nc(C)c3ccccc3n1)c(=O)n2C. The van der Waals surface area contributed by atoms with E-state index < -0.39 is 5.69 Å². The molecule has 1 saturated heterocycles. The van der Waals surface area contributed by atoms with Crippen LogP contribution in [-0.2, 0) is 20.1 Å². The Hall–Kier alpha value is -3.90. The van der Waals surface area contributed by atoms with Crippen LogP contribution in [0, 0.1) is 18.8 Å². The van der Waals surface area contributed by atoms with Crippen molar-refractivity contribution in [2.75, 3.05) is 18.0 Å². The van der Waals surface area contributed by atoms with Gasteiger partial charge >= 0.3 is 5.69 Å². The largest absolute Gasteiger partial charge is 0.356 e. The predicted octanol–water partition coefficient (Wildman–Crippen LogP) is 1.75. The van der Waals surface area contributed by atoms with Crippen molar-refractivity contribution >= 4 is 27.8 Å². The van der Waals surface area contributed by atoms with Crippen LogP contribution >= 0.6 is 0 Å². The van der Waals surface area contributed by atoms with Crippen molar-refractivity contribution in [3.05, 3.63) is 62.7 Å². The van der Waals surface area contributed by atoms with Crippen LogP contribution in [0.5, 0.6) is 0 Å². The van der Waals surface area contributed by atoms with Crippen molar-refractivity contribution in [1.29, 1.82) is 0 Å². The molecule has 0 amide bonds. The molecule has 180 valence electrons. The van der Waals surface area contributed by atoms with E-state index in [-0.39, 0.29) is 18.1 Å². The summed E-state index contributed by atoms with van der Waals surface area (Å²) in [5, 5.41) is 0.948. The van der Waals surface area contributed by atoms with Crippen molar-refractivity contribution in [2.24, 2.45) is 12.8 Å². The van der Waals surface area contributed by atoms with Crippen LogP contribution in [0.2, 0.25) is 0 Å². The third kappa shape index (κ3) is 4.00. The van der Waals surface area contributed by atoms with Crippen molar-refractivity contribution in [3.63, 3.8) is 0 Å². The molecule has 35 heavy (non-hydrogen) atoms. The van der Waals surface area contributed by atoms with Gasteiger partial charge in [0.25, 0.3) is 5.56 Å². The van der Waals surface area contributed by atoms with E-state index in [1.807, 2.05) is 41.8 Å². The van der Waals surface area contributed by atoms with Gasteiger partial charge in [-0.2, -0.15) is 0 Å². The fourth-order valence-electron chi connectivity index (χ4n) is 4.95. The van der Waals surface area contributed by atoms with Crippen LogP contribution in [0.1, 0.15) is 31.3 Å². The van der Waals surface area contributed by atoms with E-state index in [1.54, 1.807) is 14.0 Å². The van der Waals surface area contributed by atoms with Crippen molar-refractivity contribution in [3.8, 4) is 11.8 Å². The fourth-order valence-corrected chi connectivity index (χ4v) is 4.95. The lowest BCUT2D eigenvalue weighted by molar-refractivity contribution is 0.499. The third-order valence-electron chi connectivity index (χ3n) is 6.72. The summed E-state index contributed by atoms with van der Waals surface area (Å²) in [4.78, 5) is 38.5. The zero-order valence-corrected chi connectivity index (χ0v) is 20.3. The van der Waals surface area contributed by atoms with E-state index in [9.17, 15) is 9.59 Å². The summed E-state index contributed by atoms with van der Waals surface area (Å²) >= 11 is 0. The minimum absolute atomic E-state index is 0.0122. The zero-order chi connectivity index (χ0) is 24.7. The molecular weight excluding hydrogens is 442 g/mol. The minimum Gasteiger partial charge on any atom is -0.356 e. The maximum Gasteiger partial charge on any atom is 0.331 e. The lowest BCUT2D eigenvalue weighted by atomic mass is 10.1. The zero-order valence-electron chi connectivity index (χ0n) is 20.3. The predicted molar refractivity (Wildman–Crippen MR) is 138 cm³/mol. The second kappa shape index (κ2) is 9.04. The molecule has 9 heteroatoms. The van der Waals surface area contributed by atoms with Crippen molar-refractivity contribution in [1.82, 2.24) is 23.7 Å². The number of fused-ring (bicyclic) bond motifs is 2. The third-order valence-corrected chi connectivity index (χ3v) is 6.72. The summed E-state index contributed by atoms with van der Waals surface area (Å²) in [5.74, 6) is 7.29. The van der Waals surface area contributed by atoms with Gasteiger partial charge in [-0.15, -0.1) is 5.92 Å². The Kier molecular flexibility index (Phi) is 5.91. The van der Waals surface area contributed by atoms with Crippen LogP contribution in [0.3, 0.4) is 0 Å². The van der Waals surface area contributed by atoms with E-state index >= 15 is 0 Å². The van der Waals surface area contributed by atoms with Crippen LogP contribution in [0.15, 0.2) is 39.9 Å². The second-order valence-electron chi connectivity index (χ2n) is 9.07. The van der Waals surface area contributed by atoms with Crippen LogP contribution in [0.25, 0.3) is 21.9 Å². The molecule has 0 aliphatic carbocycles. The summed E-state index contributed by atoms with van der Waals surface area (Å²) in [7, 11) is 1.69. The summed E-state index contributed by atoms with van der Waals surface area (Å²) in [6.45, 7) is 5.55. The Morgan fingerprint density at radius 1 is 1.17 bits per heavy atom. The summed E-state index contributed by atoms with van der Waals surface area (Å²) in [5.41, 5.74) is 8.08. The highest BCUT2D eigenvalue weighted by molar-refractivity contribution is 5.82. The quantitative estimate of drug-likeness (QED) is 0.455. The molecule has 1 aliphatic heterocycles. The number of benzene rings is 1. The second-order valence-corrected chi connectivity index (χ2v) is 9.07. The maximum atomic E-state index is 13.8. The Labute approximate surface area is 202 Å². The van der Waals surface area contributed by atoms with Gasteiger partial charge in [-0.05, 0) is 32.8 Å². The molecule has 1 atom stereocenters. The number of hydrogen-bond donors (Lipinski definition) is 1. The lowest BCUT2D eigenvalue weighted by Crippen LogP contribution is -2.43. The van der Waals surface area contributed by atoms with Gasteiger partial charge < -0.3 is 15.2 Å². The number of aryl methyl sites for hydroxylation is 2. The van der Waals surface area contributed by atoms with Gasteiger partial charge in [0.05, 0.1) is 24.1 Å². The Morgan fingerprint density at radius 3 is 2.74 bits per heavy atom. The molecule has 9 nitrogen and oxygen atoms in total. The van der Waals surface area contributed by atoms with Crippen LogP contribution in [0.4, 0.5) is 5.82 Å². The molecule has 2 N–H and O–H groups in total. The average molecular weight is 472 g/mol. The van der Waals surface area contributed by atoms with Gasteiger partial charge in [0.15, 0.2) is 0 Å². The number of rotatable bonds is 4. The van der Waals surface area contributed by atoms with Gasteiger partial charge in [0.1, 0.15) is 17.2 Å². The molecule has 0 saturated carbocycles. The molecule has 0 radical (unpaired) electrons. The molecular formula is C26H29N7O2. The smallest absolute Gasteiger partial charge is 0.331 e. The molecule has 1 unspecified atom stereocenters. The lowest BCUT2D eigenvalue weighted by Gasteiger charge is -2.32. The number of nitrogens with zero attached hydrogens (tertiary/aromatic N) is 6. The molecule has 4 aromatic rings. The van der Waals surface area contributed by atoms with Crippen molar-refractivity contribution < 1.29 is 0 Å². The fraction of sp³-hybridized carbons (Fsp3) is 0.385. The summed E-state index contributed by atoms with van der Waals surface area (Å²) in [6.07, 6.45) is 1.95. The molecule has 1 aliphatic rings. The van der Waals surface area contributed by atoms with Crippen molar-refractivity contribution in [2.45, 2.75) is 45.8 Å². The summed E-state index contributed by atoms with van der Waals surface area (Å²) in [6, 6.07) is 9.69. The minimum atomic E-state index is -0.405.